The fourth-order valence-corrected chi connectivity index (χ4v) is 3.43. The maximum absolute atomic E-state index is 13.0. The topological polar surface area (TPSA) is 65.7 Å². The number of hydrogen-bond acceptors (Lipinski definition) is 5. The van der Waals surface area contributed by atoms with Crippen molar-refractivity contribution in [3.8, 4) is 22.6 Å². The SMILES string of the molecule is Cc1cccc(OC(C)C(=O)Oc2ccc3c(=O)c(-c4ccccc4)c(C)oc3c2)c1. The Bertz CT molecular complexity index is 1300. The molecule has 3 aromatic carbocycles. The maximum Gasteiger partial charge on any atom is 0.352 e. The number of aryl methyl sites for hydroxylation is 2. The van der Waals surface area contributed by atoms with Crippen molar-refractivity contribution in [3.05, 3.63) is 94.3 Å². The average molecular weight is 414 g/mol. The molecule has 4 rings (SSSR count). The summed E-state index contributed by atoms with van der Waals surface area (Å²) in [6.45, 7) is 5.33. The summed E-state index contributed by atoms with van der Waals surface area (Å²) in [5.74, 6) is 0.842. The summed E-state index contributed by atoms with van der Waals surface area (Å²) >= 11 is 0. The van der Waals surface area contributed by atoms with Crippen molar-refractivity contribution in [2.75, 3.05) is 0 Å². The fraction of sp³-hybridized carbons (Fsp3) is 0.154. The minimum absolute atomic E-state index is 0.126. The molecule has 0 aliphatic rings. The maximum atomic E-state index is 13.0. The molecule has 0 aliphatic carbocycles. The lowest BCUT2D eigenvalue weighted by molar-refractivity contribution is -0.141. The van der Waals surface area contributed by atoms with Gasteiger partial charge in [-0.25, -0.2) is 4.79 Å². The quantitative estimate of drug-likeness (QED) is 0.321. The van der Waals surface area contributed by atoms with Gasteiger partial charge >= 0.3 is 5.97 Å². The summed E-state index contributed by atoms with van der Waals surface area (Å²) < 4.78 is 17.0. The van der Waals surface area contributed by atoms with E-state index in [1.54, 1.807) is 38.1 Å². The predicted octanol–water partition coefficient (Wildman–Crippen LogP) is 5.45. The van der Waals surface area contributed by atoms with Gasteiger partial charge in [-0.15, -0.1) is 0 Å². The minimum atomic E-state index is -0.799. The summed E-state index contributed by atoms with van der Waals surface area (Å²) in [7, 11) is 0. The van der Waals surface area contributed by atoms with Crippen LogP contribution in [0.2, 0.25) is 0 Å². The molecule has 0 amide bonds. The lowest BCUT2D eigenvalue weighted by Crippen LogP contribution is -2.28. The van der Waals surface area contributed by atoms with Gasteiger partial charge in [0.1, 0.15) is 22.8 Å². The zero-order valence-corrected chi connectivity index (χ0v) is 17.5. The van der Waals surface area contributed by atoms with Gasteiger partial charge < -0.3 is 13.9 Å². The van der Waals surface area contributed by atoms with Crippen LogP contribution in [-0.4, -0.2) is 12.1 Å². The van der Waals surface area contributed by atoms with Crippen LogP contribution in [0.1, 0.15) is 18.2 Å². The molecule has 31 heavy (non-hydrogen) atoms. The molecular formula is C26H22O5. The van der Waals surface area contributed by atoms with Gasteiger partial charge in [-0.1, -0.05) is 42.5 Å². The van der Waals surface area contributed by atoms with Crippen LogP contribution in [-0.2, 0) is 4.79 Å². The molecule has 5 nitrogen and oxygen atoms in total. The fourth-order valence-electron chi connectivity index (χ4n) is 3.43. The summed E-state index contributed by atoms with van der Waals surface area (Å²) in [6.07, 6.45) is -0.799. The molecule has 0 radical (unpaired) electrons. The number of fused-ring (bicyclic) bond motifs is 1. The molecule has 0 spiro atoms. The Balaban J connectivity index is 1.58. The molecule has 0 bridgehead atoms. The van der Waals surface area contributed by atoms with E-state index in [0.717, 1.165) is 11.1 Å². The molecular weight excluding hydrogens is 392 g/mol. The number of carbonyl (C=O) groups is 1. The first-order valence-corrected chi connectivity index (χ1v) is 10.0. The van der Waals surface area contributed by atoms with Gasteiger partial charge in [0, 0.05) is 6.07 Å². The van der Waals surface area contributed by atoms with Crippen LogP contribution in [0.3, 0.4) is 0 Å². The molecule has 0 aliphatic heterocycles. The van der Waals surface area contributed by atoms with Gasteiger partial charge in [-0.05, 0) is 56.2 Å². The van der Waals surface area contributed by atoms with Crippen LogP contribution in [0.5, 0.6) is 11.5 Å². The van der Waals surface area contributed by atoms with Crippen LogP contribution in [0, 0.1) is 13.8 Å². The zero-order chi connectivity index (χ0) is 22.0. The normalized spacial score (nSPS) is 11.8. The summed E-state index contributed by atoms with van der Waals surface area (Å²) in [6, 6.07) is 21.6. The Kier molecular flexibility index (Phi) is 5.58. The molecule has 156 valence electrons. The van der Waals surface area contributed by atoms with Crippen LogP contribution >= 0.6 is 0 Å². The van der Waals surface area contributed by atoms with Crippen LogP contribution < -0.4 is 14.9 Å². The number of rotatable bonds is 5. The highest BCUT2D eigenvalue weighted by atomic mass is 16.6. The van der Waals surface area contributed by atoms with E-state index in [9.17, 15) is 9.59 Å². The predicted molar refractivity (Wildman–Crippen MR) is 120 cm³/mol. The minimum Gasteiger partial charge on any atom is -0.479 e. The van der Waals surface area contributed by atoms with E-state index in [4.69, 9.17) is 13.9 Å². The monoisotopic (exact) mass is 414 g/mol. The molecule has 0 fully saturated rings. The second kappa shape index (κ2) is 8.48. The molecule has 1 atom stereocenters. The highest BCUT2D eigenvalue weighted by Gasteiger charge is 2.19. The van der Waals surface area contributed by atoms with E-state index in [1.807, 2.05) is 55.5 Å². The Morgan fingerprint density at radius 3 is 2.42 bits per heavy atom. The summed E-state index contributed by atoms with van der Waals surface area (Å²) in [5.41, 5.74) is 2.60. The molecule has 4 aromatic rings. The van der Waals surface area contributed by atoms with Crippen molar-refractivity contribution in [2.45, 2.75) is 26.9 Å². The van der Waals surface area contributed by atoms with Crippen molar-refractivity contribution in [2.24, 2.45) is 0 Å². The van der Waals surface area contributed by atoms with Crippen molar-refractivity contribution in [1.82, 2.24) is 0 Å². The third-order valence-corrected chi connectivity index (χ3v) is 4.96. The third kappa shape index (κ3) is 4.36. The highest BCUT2D eigenvalue weighted by Crippen LogP contribution is 2.26. The lowest BCUT2D eigenvalue weighted by atomic mass is 10.0. The first-order chi connectivity index (χ1) is 14.9. The van der Waals surface area contributed by atoms with Gasteiger partial charge in [0.25, 0.3) is 0 Å². The van der Waals surface area contributed by atoms with Crippen molar-refractivity contribution in [3.63, 3.8) is 0 Å². The Hall–Kier alpha value is -3.86. The van der Waals surface area contributed by atoms with E-state index >= 15 is 0 Å². The second-order valence-corrected chi connectivity index (χ2v) is 7.38. The number of carbonyl (C=O) groups excluding carboxylic acids is 1. The van der Waals surface area contributed by atoms with Crippen LogP contribution in [0.4, 0.5) is 0 Å². The van der Waals surface area contributed by atoms with Crippen LogP contribution in [0.15, 0.2) is 82.0 Å². The first kappa shape index (κ1) is 20.4. The molecule has 1 heterocycles. The van der Waals surface area contributed by atoms with E-state index < -0.39 is 12.1 Å². The third-order valence-electron chi connectivity index (χ3n) is 4.96. The summed E-state index contributed by atoms with van der Waals surface area (Å²) in [5, 5.41) is 0.424. The first-order valence-electron chi connectivity index (χ1n) is 10.0. The van der Waals surface area contributed by atoms with Gasteiger partial charge in [0.15, 0.2) is 6.10 Å². The highest BCUT2D eigenvalue weighted by molar-refractivity contribution is 5.85. The number of esters is 1. The van der Waals surface area contributed by atoms with Gasteiger partial charge in [-0.3, -0.25) is 4.79 Å². The van der Waals surface area contributed by atoms with Crippen molar-refractivity contribution < 1.29 is 18.7 Å². The molecule has 1 aromatic heterocycles. The number of benzene rings is 3. The van der Waals surface area contributed by atoms with Crippen molar-refractivity contribution in [1.29, 1.82) is 0 Å². The van der Waals surface area contributed by atoms with Gasteiger partial charge in [0.05, 0.1) is 10.9 Å². The van der Waals surface area contributed by atoms with E-state index in [-0.39, 0.29) is 11.2 Å². The molecule has 0 saturated carbocycles. The zero-order valence-electron chi connectivity index (χ0n) is 17.5. The van der Waals surface area contributed by atoms with E-state index in [1.165, 1.54) is 0 Å². The van der Waals surface area contributed by atoms with E-state index in [0.29, 0.717) is 28.0 Å². The Morgan fingerprint density at radius 1 is 0.903 bits per heavy atom. The smallest absolute Gasteiger partial charge is 0.352 e. The molecule has 0 saturated heterocycles. The van der Waals surface area contributed by atoms with E-state index in [2.05, 4.69) is 0 Å². The Morgan fingerprint density at radius 2 is 1.68 bits per heavy atom. The number of ether oxygens (including phenoxy) is 2. The second-order valence-electron chi connectivity index (χ2n) is 7.38. The van der Waals surface area contributed by atoms with Crippen LogP contribution in [0.25, 0.3) is 22.1 Å². The standard InChI is InChI=1S/C26H22O5/c1-16-8-7-11-20(14-16)29-18(3)26(28)31-21-12-13-22-23(15-21)30-17(2)24(25(22)27)19-9-5-4-6-10-19/h4-15,18H,1-3H3. The average Bonchev–Trinajstić information content (AvgIpc) is 2.74. The molecule has 0 N–H and O–H groups in total. The number of hydrogen-bond donors (Lipinski definition) is 0. The Labute approximate surface area is 179 Å². The van der Waals surface area contributed by atoms with Crippen molar-refractivity contribution >= 4 is 16.9 Å². The van der Waals surface area contributed by atoms with Gasteiger partial charge in [-0.2, -0.15) is 0 Å². The summed E-state index contributed by atoms with van der Waals surface area (Å²) in [4.78, 5) is 25.5. The lowest BCUT2D eigenvalue weighted by Gasteiger charge is -2.14. The largest absolute Gasteiger partial charge is 0.479 e. The van der Waals surface area contributed by atoms with Gasteiger partial charge in [0.2, 0.25) is 5.43 Å². The molecule has 1 unspecified atom stereocenters. The molecule has 5 heteroatoms.